The molecule has 6 aromatic carbocycles. The van der Waals surface area contributed by atoms with Crippen molar-refractivity contribution in [2.75, 3.05) is 53.4 Å². The molecular formula is C67H85F2N9O7. The Balaban J connectivity index is 0.000000255. The topological polar surface area (TPSA) is 199 Å². The normalized spacial score (nSPS) is 17.4. The number of hydrogen-bond donors (Lipinski definition) is 5. The summed E-state index contributed by atoms with van der Waals surface area (Å²) in [5.41, 5.74) is 7.77. The number of halogens is 2. The van der Waals surface area contributed by atoms with Gasteiger partial charge in [-0.25, -0.2) is 13.6 Å². The van der Waals surface area contributed by atoms with E-state index in [9.17, 15) is 37.5 Å². The van der Waals surface area contributed by atoms with E-state index in [0.29, 0.717) is 70.5 Å². The molecule has 2 heterocycles. The zero-order chi connectivity index (χ0) is 61.6. The van der Waals surface area contributed by atoms with E-state index in [4.69, 9.17) is 10.5 Å². The molecule has 16 nitrogen and oxygen atoms in total. The average Bonchev–Trinajstić information content (AvgIpc) is 2.22. The number of ether oxygens (including phenoxy) is 1. The molecule has 2 aliphatic rings. The summed E-state index contributed by atoms with van der Waals surface area (Å²) in [6.45, 7) is 15.3. The fourth-order valence-electron chi connectivity index (χ4n) is 11.3. The van der Waals surface area contributed by atoms with Crippen LogP contribution in [0.1, 0.15) is 83.6 Å². The molecule has 18 heteroatoms. The third kappa shape index (κ3) is 17.6. The summed E-state index contributed by atoms with van der Waals surface area (Å²) in [6.07, 6.45) is 2.22. The number of nitrogens with zero attached hydrogens (tertiary/aromatic N) is 4. The first kappa shape index (κ1) is 64.8. The molecular weight excluding hydrogens is 1080 g/mol. The highest BCUT2D eigenvalue weighted by Crippen LogP contribution is 2.25. The van der Waals surface area contributed by atoms with Gasteiger partial charge in [-0.3, -0.25) is 33.8 Å². The van der Waals surface area contributed by atoms with E-state index in [1.54, 1.807) is 64.0 Å². The van der Waals surface area contributed by atoms with E-state index in [1.165, 1.54) is 43.5 Å². The number of nitrogens with one attached hydrogen (secondary N) is 4. The third-order valence-electron chi connectivity index (χ3n) is 16.0. The summed E-state index contributed by atoms with van der Waals surface area (Å²) in [5.74, 6) is -1.79. The lowest BCUT2D eigenvalue weighted by molar-refractivity contribution is -0.143. The molecule has 85 heavy (non-hydrogen) atoms. The Morgan fingerprint density at radius 1 is 0.553 bits per heavy atom. The molecule has 0 unspecified atom stereocenters. The van der Waals surface area contributed by atoms with Gasteiger partial charge in [0, 0.05) is 71.9 Å². The molecule has 0 saturated carbocycles. The van der Waals surface area contributed by atoms with Crippen LogP contribution in [-0.4, -0.2) is 156 Å². The predicted octanol–water partition coefficient (Wildman–Crippen LogP) is 7.72. The van der Waals surface area contributed by atoms with Crippen molar-refractivity contribution >= 4 is 57.2 Å². The first-order valence-corrected chi connectivity index (χ1v) is 29.5. The van der Waals surface area contributed by atoms with Crippen molar-refractivity contribution in [1.82, 2.24) is 40.9 Å². The fourth-order valence-corrected chi connectivity index (χ4v) is 11.3. The van der Waals surface area contributed by atoms with Crippen LogP contribution >= 0.6 is 0 Å². The largest absolute Gasteiger partial charge is 0.444 e. The van der Waals surface area contributed by atoms with Crippen molar-refractivity contribution in [3.63, 3.8) is 0 Å². The third-order valence-corrected chi connectivity index (χ3v) is 16.0. The Bertz CT molecular complexity index is 3260. The molecule has 454 valence electrons. The summed E-state index contributed by atoms with van der Waals surface area (Å²) in [7, 11) is 3.30. The second-order valence-electron chi connectivity index (χ2n) is 23.8. The molecule has 2 saturated heterocycles. The van der Waals surface area contributed by atoms with Crippen molar-refractivity contribution in [2.24, 2.45) is 5.73 Å². The van der Waals surface area contributed by atoms with Crippen molar-refractivity contribution < 1.29 is 42.3 Å². The van der Waals surface area contributed by atoms with Gasteiger partial charge in [0.15, 0.2) is 0 Å². The van der Waals surface area contributed by atoms with E-state index >= 15 is 0 Å². The molecule has 0 bridgehead atoms. The van der Waals surface area contributed by atoms with Gasteiger partial charge in [0.05, 0.1) is 18.1 Å². The second-order valence-corrected chi connectivity index (χ2v) is 23.8. The van der Waals surface area contributed by atoms with Crippen LogP contribution in [-0.2, 0) is 54.4 Å². The Hall–Kier alpha value is -7.80. The first-order chi connectivity index (χ1) is 40.5. The highest BCUT2D eigenvalue weighted by atomic mass is 19.1. The van der Waals surface area contributed by atoms with Crippen LogP contribution in [0.5, 0.6) is 0 Å². The number of carbonyl (C=O) groups excluding carboxylic acids is 6. The van der Waals surface area contributed by atoms with Gasteiger partial charge < -0.3 is 41.5 Å². The summed E-state index contributed by atoms with van der Waals surface area (Å²) < 4.78 is 32.3. The van der Waals surface area contributed by atoms with E-state index in [0.717, 1.165) is 39.3 Å². The number of nitrogens with two attached hydrogens (primary N) is 1. The average molecular weight is 1170 g/mol. The fraction of sp³-hybridized carbons (Fsp3) is 0.433. The Morgan fingerprint density at radius 2 is 0.965 bits per heavy atom. The van der Waals surface area contributed by atoms with E-state index < -0.39 is 47.1 Å². The number of likely N-dealkylation sites (N-methyl/N-ethyl adjacent to an activating group) is 2. The van der Waals surface area contributed by atoms with Gasteiger partial charge in [-0.2, -0.15) is 0 Å². The van der Waals surface area contributed by atoms with Crippen molar-refractivity contribution in [3.8, 4) is 0 Å². The van der Waals surface area contributed by atoms with Crippen LogP contribution in [0.3, 0.4) is 0 Å². The number of fused-ring (bicyclic) bond motifs is 2. The number of amides is 6. The minimum absolute atomic E-state index is 0.0224. The molecule has 6 amide bonds. The van der Waals surface area contributed by atoms with Crippen LogP contribution in [0.4, 0.5) is 13.6 Å². The Labute approximate surface area is 499 Å². The van der Waals surface area contributed by atoms with Crippen LogP contribution in [0.2, 0.25) is 0 Å². The minimum Gasteiger partial charge on any atom is -0.444 e. The number of carbonyl (C=O) groups is 6. The van der Waals surface area contributed by atoms with Crippen LogP contribution in [0.25, 0.3) is 21.5 Å². The van der Waals surface area contributed by atoms with Crippen LogP contribution < -0.4 is 27.0 Å². The summed E-state index contributed by atoms with van der Waals surface area (Å²) in [5, 5.41) is 15.7. The van der Waals surface area contributed by atoms with E-state index in [2.05, 4.69) is 98.7 Å². The number of hydrogen-bond acceptors (Lipinski definition) is 10. The SMILES string of the molecule is CC[C@H]1CN([C@@H](Cc2ccc3ccccc3c2)C(=O)NC)CCN1C(=O)[C@@H](Cc1ccc(F)cc1)NC(=O)C(C)(C)NC(=O)OC(C)(C)C.CC[C@H]1CN([C@@H](Cc2ccc3ccccc3c2)C(=O)NC)CCN1C(=O)[C@H](N)Cc1ccc(F)cc1. The minimum atomic E-state index is -1.41. The molecule has 0 aromatic heterocycles. The summed E-state index contributed by atoms with van der Waals surface area (Å²) in [6, 6.07) is 38.1. The molecule has 6 N–H and O–H groups in total. The van der Waals surface area contributed by atoms with Crippen LogP contribution in [0, 0.1) is 11.6 Å². The summed E-state index contributed by atoms with van der Waals surface area (Å²) >= 11 is 0. The number of benzene rings is 6. The van der Waals surface area contributed by atoms with E-state index in [-0.39, 0.29) is 54.0 Å². The van der Waals surface area contributed by atoms with Crippen molar-refractivity contribution in [3.05, 3.63) is 167 Å². The first-order valence-electron chi connectivity index (χ1n) is 29.5. The van der Waals surface area contributed by atoms with Gasteiger partial charge in [0.1, 0.15) is 28.8 Å². The number of piperazine rings is 2. The molecule has 2 aliphatic heterocycles. The van der Waals surface area contributed by atoms with Crippen LogP contribution in [0.15, 0.2) is 133 Å². The Morgan fingerprint density at radius 3 is 1.39 bits per heavy atom. The van der Waals surface area contributed by atoms with E-state index in [1.807, 2.05) is 36.1 Å². The summed E-state index contributed by atoms with van der Waals surface area (Å²) in [4.78, 5) is 87.8. The molecule has 2 fully saturated rings. The second kappa shape index (κ2) is 29.3. The molecule has 8 rings (SSSR count). The van der Waals surface area contributed by atoms with Gasteiger partial charge in [0.25, 0.3) is 0 Å². The van der Waals surface area contributed by atoms with Gasteiger partial charge in [0.2, 0.25) is 29.5 Å². The maximum absolute atomic E-state index is 14.3. The number of rotatable bonds is 19. The molecule has 6 atom stereocenters. The lowest BCUT2D eigenvalue weighted by Crippen LogP contribution is -2.64. The molecule has 6 aromatic rings. The quantitative estimate of drug-likeness (QED) is 0.0536. The Kier molecular flexibility index (Phi) is 22.3. The maximum atomic E-state index is 14.3. The number of alkyl carbamates (subject to hydrolysis) is 1. The lowest BCUT2D eigenvalue weighted by Gasteiger charge is -2.45. The van der Waals surface area contributed by atoms with Gasteiger partial charge in [-0.1, -0.05) is 123 Å². The predicted molar refractivity (Wildman–Crippen MR) is 329 cm³/mol. The lowest BCUT2D eigenvalue weighted by atomic mass is 9.97. The van der Waals surface area contributed by atoms with Gasteiger partial charge in [-0.05, 0) is 135 Å². The molecule has 0 spiro atoms. The van der Waals surface area contributed by atoms with Gasteiger partial charge >= 0.3 is 6.09 Å². The maximum Gasteiger partial charge on any atom is 0.408 e. The zero-order valence-electron chi connectivity index (χ0n) is 50.6. The highest BCUT2D eigenvalue weighted by molar-refractivity contribution is 5.94. The monoisotopic (exact) mass is 1170 g/mol. The standard InChI is InChI=1S/C38H50FN5O5.C29H35FN4O2/c1-8-30-24-43(32(33(45)40-7)23-26-13-16-27-11-9-10-12-28(27)21-26)19-20-44(30)34(46)31(22-25-14-17-29(39)18-15-25)41-35(47)38(5,6)42-36(48)49-37(2,3)4;1-3-25-19-33(14-15-34(25)29(36)26(31)17-20-9-12-24(30)13-10-20)27(28(35)32-2)18-21-8-11-22-6-4-5-7-23(22)16-21/h9-18,21,30-32H,8,19-20,22-24H2,1-7H3,(H,40,45)(H,41,47)(H,42,48);4-13,16,25-27H,3,14-15,17-19,31H2,1-2H3,(H,32,35)/t30-,31+,32-;25-,26+,27-/m00/s1. The zero-order valence-corrected chi connectivity index (χ0v) is 50.6. The molecule has 0 aliphatic carbocycles. The smallest absolute Gasteiger partial charge is 0.408 e. The van der Waals surface area contributed by atoms with Gasteiger partial charge in [-0.15, -0.1) is 0 Å². The highest BCUT2D eigenvalue weighted by Gasteiger charge is 2.41. The van der Waals surface area contributed by atoms with Crippen molar-refractivity contribution in [1.29, 1.82) is 0 Å². The molecule has 0 radical (unpaired) electrons. The van der Waals surface area contributed by atoms with Crippen molar-refractivity contribution in [2.45, 2.75) is 134 Å².